The van der Waals surface area contributed by atoms with Gasteiger partial charge >= 0.3 is 5.97 Å². The van der Waals surface area contributed by atoms with Crippen LogP contribution in [0.2, 0.25) is 0 Å². The highest BCUT2D eigenvalue weighted by Crippen LogP contribution is 2.36. The fraction of sp³-hybridized carbons (Fsp3) is 0.500. The van der Waals surface area contributed by atoms with E-state index in [4.69, 9.17) is 14.2 Å². The van der Waals surface area contributed by atoms with Gasteiger partial charge in [0.1, 0.15) is 11.5 Å². The van der Waals surface area contributed by atoms with E-state index in [-0.39, 0.29) is 37.4 Å². The van der Waals surface area contributed by atoms with E-state index in [0.29, 0.717) is 17.2 Å². The summed E-state index contributed by atoms with van der Waals surface area (Å²) < 4.78 is 15.5. The lowest BCUT2D eigenvalue weighted by Crippen LogP contribution is -2.32. The Balaban J connectivity index is 1.61. The van der Waals surface area contributed by atoms with Crippen LogP contribution in [0.3, 0.4) is 0 Å². The van der Waals surface area contributed by atoms with Gasteiger partial charge in [-0.3, -0.25) is 14.4 Å². The van der Waals surface area contributed by atoms with Gasteiger partial charge in [0.15, 0.2) is 6.61 Å². The fourth-order valence-corrected chi connectivity index (χ4v) is 2.86. The molecule has 140 valence electrons. The van der Waals surface area contributed by atoms with E-state index in [2.05, 4.69) is 5.32 Å². The highest BCUT2D eigenvalue weighted by molar-refractivity contribution is 6.00. The first-order chi connectivity index (χ1) is 12.5. The molecule has 0 aromatic heterocycles. The van der Waals surface area contributed by atoms with Crippen LogP contribution >= 0.6 is 0 Å². The molecule has 0 spiro atoms. The first-order valence-corrected chi connectivity index (χ1v) is 8.50. The van der Waals surface area contributed by atoms with Crippen LogP contribution in [0.5, 0.6) is 11.5 Å². The lowest BCUT2D eigenvalue weighted by atomic mass is 10.1. The summed E-state index contributed by atoms with van der Waals surface area (Å²) in [6, 6.07) is 5.33. The Morgan fingerprint density at radius 2 is 2.00 bits per heavy atom. The van der Waals surface area contributed by atoms with Gasteiger partial charge in [0, 0.05) is 25.1 Å². The topological polar surface area (TPSA) is 94.2 Å². The van der Waals surface area contributed by atoms with Crippen LogP contribution in [0.25, 0.3) is 0 Å². The molecule has 1 heterocycles. The Morgan fingerprint density at radius 3 is 2.65 bits per heavy atom. The summed E-state index contributed by atoms with van der Waals surface area (Å²) in [5.74, 6) is -0.565. The molecule has 1 aromatic carbocycles. The summed E-state index contributed by atoms with van der Waals surface area (Å²) in [4.78, 5) is 37.7. The number of ether oxygens (including phenoxy) is 3. The second kappa shape index (κ2) is 7.63. The minimum absolute atomic E-state index is 0.0399. The normalized spacial score (nSPS) is 19.2. The average Bonchev–Trinajstić information content (AvgIpc) is 3.38. The molecule has 26 heavy (non-hydrogen) atoms. The third kappa shape index (κ3) is 4.07. The number of benzene rings is 1. The summed E-state index contributed by atoms with van der Waals surface area (Å²) >= 11 is 0. The molecule has 8 heteroatoms. The van der Waals surface area contributed by atoms with Gasteiger partial charge in [-0.25, -0.2) is 0 Å². The van der Waals surface area contributed by atoms with Crippen molar-refractivity contribution < 1.29 is 28.6 Å². The van der Waals surface area contributed by atoms with E-state index >= 15 is 0 Å². The van der Waals surface area contributed by atoms with Gasteiger partial charge in [-0.05, 0) is 25.0 Å². The molecule has 1 aliphatic heterocycles. The summed E-state index contributed by atoms with van der Waals surface area (Å²) in [7, 11) is 3.05. The quantitative estimate of drug-likeness (QED) is 0.724. The zero-order valence-corrected chi connectivity index (χ0v) is 14.8. The lowest BCUT2D eigenvalue weighted by molar-refractivity contribution is -0.152. The Bertz CT molecular complexity index is 716. The van der Waals surface area contributed by atoms with Crippen molar-refractivity contribution in [1.29, 1.82) is 0 Å². The molecule has 1 aliphatic carbocycles. The van der Waals surface area contributed by atoms with Gasteiger partial charge in [-0.2, -0.15) is 0 Å². The number of methoxy groups -OCH3 is 2. The van der Waals surface area contributed by atoms with Crippen LogP contribution in [-0.2, 0) is 19.1 Å². The van der Waals surface area contributed by atoms with Crippen LogP contribution in [0.15, 0.2) is 18.2 Å². The van der Waals surface area contributed by atoms with Crippen LogP contribution in [-0.4, -0.2) is 51.2 Å². The lowest BCUT2D eigenvalue weighted by Gasteiger charge is -2.20. The van der Waals surface area contributed by atoms with Gasteiger partial charge < -0.3 is 24.4 Å². The van der Waals surface area contributed by atoms with Crippen molar-refractivity contribution in [3.05, 3.63) is 18.2 Å². The van der Waals surface area contributed by atoms with Crippen molar-refractivity contribution in [3.63, 3.8) is 0 Å². The van der Waals surface area contributed by atoms with E-state index in [0.717, 1.165) is 12.8 Å². The molecule has 1 atom stereocenters. The predicted octanol–water partition coefficient (Wildman–Crippen LogP) is 0.878. The molecule has 8 nitrogen and oxygen atoms in total. The van der Waals surface area contributed by atoms with Crippen molar-refractivity contribution in [2.75, 3.05) is 32.3 Å². The Morgan fingerprint density at radius 1 is 1.23 bits per heavy atom. The average molecular weight is 362 g/mol. The Kier molecular flexibility index (Phi) is 5.29. The van der Waals surface area contributed by atoms with E-state index in [1.807, 2.05) is 0 Å². The number of nitrogens with zero attached hydrogens (tertiary/aromatic N) is 1. The number of hydrogen-bond donors (Lipinski definition) is 1. The molecule has 2 fully saturated rings. The molecule has 1 aromatic rings. The van der Waals surface area contributed by atoms with Crippen molar-refractivity contribution in [2.24, 2.45) is 5.92 Å². The van der Waals surface area contributed by atoms with E-state index in [1.165, 1.54) is 12.0 Å². The van der Waals surface area contributed by atoms with Crippen LogP contribution in [0.4, 0.5) is 5.69 Å². The van der Waals surface area contributed by atoms with Gasteiger partial charge in [-0.15, -0.1) is 0 Å². The standard InChI is InChI=1S/C18H22N2O6/c1-24-13-5-6-14(15(8-13)25-2)20-9-11(7-17(20)22)18(23)26-10-16(21)19-12-3-4-12/h5-6,8,11-12H,3-4,7,9-10H2,1-2H3,(H,19,21)/t11-/m0/s1. The number of nitrogens with one attached hydrogen (secondary N) is 1. The number of amides is 2. The maximum Gasteiger partial charge on any atom is 0.311 e. The maximum atomic E-state index is 12.4. The molecule has 2 aliphatic rings. The molecular weight excluding hydrogens is 340 g/mol. The summed E-state index contributed by atoms with van der Waals surface area (Å²) in [5.41, 5.74) is 0.570. The zero-order chi connectivity index (χ0) is 18.7. The molecule has 1 saturated carbocycles. The van der Waals surface area contributed by atoms with E-state index in [9.17, 15) is 14.4 Å². The second-order valence-corrected chi connectivity index (χ2v) is 6.39. The smallest absolute Gasteiger partial charge is 0.311 e. The molecular formula is C18H22N2O6. The van der Waals surface area contributed by atoms with Gasteiger partial charge in [0.05, 0.1) is 25.8 Å². The van der Waals surface area contributed by atoms with Gasteiger partial charge in [0.2, 0.25) is 5.91 Å². The predicted molar refractivity (Wildman–Crippen MR) is 92.1 cm³/mol. The number of hydrogen-bond acceptors (Lipinski definition) is 6. The molecule has 1 N–H and O–H groups in total. The summed E-state index contributed by atoms with van der Waals surface area (Å²) in [5, 5.41) is 2.75. The zero-order valence-electron chi connectivity index (χ0n) is 14.8. The first-order valence-electron chi connectivity index (χ1n) is 8.50. The number of rotatable bonds is 7. The van der Waals surface area contributed by atoms with Crippen molar-refractivity contribution >= 4 is 23.5 Å². The first kappa shape index (κ1) is 18.0. The monoisotopic (exact) mass is 362 g/mol. The van der Waals surface area contributed by atoms with Crippen LogP contribution in [0, 0.1) is 5.92 Å². The largest absolute Gasteiger partial charge is 0.497 e. The molecule has 0 unspecified atom stereocenters. The van der Waals surface area contributed by atoms with Gasteiger partial charge in [0.25, 0.3) is 5.91 Å². The van der Waals surface area contributed by atoms with Crippen molar-refractivity contribution in [1.82, 2.24) is 5.32 Å². The SMILES string of the molecule is COc1ccc(N2C[C@@H](C(=O)OCC(=O)NC3CC3)CC2=O)c(OC)c1. The third-order valence-electron chi connectivity index (χ3n) is 4.42. The van der Waals surface area contributed by atoms with E-state index in [1.54, 1.807) is 25.3 Å². The number of carbonyl (C=O) groups is 3. The maximum absolute atomic E-state index is 12.4. The molecule has 0 radical (unpaired) electrons. The molecule has 1 saturated heterocycles. The number of anilines is 1. The number of esters is 1. The van der Waals surface area contributed by atoms with Crippen LogP contribution in [0.1, 0.15) is 19.3 Å². The molecule has 3 rings (SSSR count). The molecule has 2 amide bonds. The van der Waals surface area contributed by atoms with Gasteiger partial charge in [-0.1, -0.05) is 0 Å². The van der Waals surface area contributed by atoms with Crippen molar-refractivity contribution in [3.8, 4) is 11.5 Å². The Labute approximate surface area is 151 Å². The number of carbonyl (C=O) groups excluding carboxylic acids is 3. The summed E-state index contributed by atoms with van der Waals surface area (Å²) in [6.07, 6.45) is 1.98. The second-order valence-electron chi connectivity index (χ2n) is 6.39. The minimum atomic E-state index is -0.608. The van der Waals surface area contributed by atoms with Crippen molar-refractivity contribution in [2.45, 2.75) is 25.3 Å². The van der Waals surface area contributed by atoms with E-state index < -0.39 is 11.9 Å². The highest BCUT2D eigenvalue weighted by atomic mass is 16.5. The summed E-state index contributed by atoms with van der Waals surface area (Å²) in [6.45, 7) is -0.128. The highest BCUT2D eigenvalue weighted by Gasteiger charge is 2.37. The van der Waals surface area contributed by atoms with Crippen LogP contribution < -0.4 is 19.7 Å². The third-order valence-corrected chi connectivity index (χ3v) is 4.42. The fourth-order valence-electron chi connectivity index (χ4n) is 2.86. The molecule has 0 bridgehead atoms. The minimum Gasteiger partial charge on any atom is -0.497 e. The Hall–Kier alpha value is -2.77.